The van der Waals surface area contributed by atoms with E-state index in [1.165, 1.54) is 12.7 Å². The van der Waals surface area contributed by atoms with Crippen LogP contribution in [-0.4, -0.2) is 27.1 Å². The molecule has 0 unspecified atom stereocenters. The molecule has 138 valence electrons. The highest BCUT2D eigenvalue weighted by molar-refractivity contribution is 7.89. The molecule has 1 aromatic heterocycles. The second-order valence-corrected chi connectivity index (χ2v) is 8.32. The zero-order chi connectivity index (χ0) is 18.9. The Bertz CT molecular complexity index is 1050. The number of fused-ring (bicyclic) bond motifs is 1. The number of benzene rings is 2. The van der Waals surface area contributed by atoms with Crippen molar-refractivity contribution in [1.82, 2.24) is 9.71 Å². The smallest absolute Gasteiger partial charge is 0.244 e. The second kappa shape index (κ2) is 7.13. The van der Waals surface area contributed by atoms with Crippen LogP contribution in [0.25, 0.3) is 10.9 Å². The van der Waals surface area contributed by atoms with Crippen LogP contribution in [0.1, 0.15) is 22.4 Å². The lowest BCUT2D eigenvalue weighted by atomic mass is 10.1. The Kier molecular flexibility index (Phi) is 5.07. The number of rotatable bonds is 6. The van der Waals surface area contributed by atoms with Gasteiger partial charge in [0.15, 0.2) is 0 Å². The van der Waals surface area contributed by atoms with Crippen LogP contribution in [0, 0.1) is 20.8 Å². The van der Waals surface area contributed by atoms with Crippen LogP contribution >= 0.6 is 0 Å². The Morgan fingerprint density at radius 1 is 1.04 bits per heavy atom. The quantitative estimate of drug-likeness (QED) is 0.694. The molecule has 0 saturated heterocycles. The zero-order valence-electron chi connectivity index (χ0n) is 15.5. The van der Waals surface area contributed by atoms with Gasteiger partial charge in [0.25, 0.3) is 0 Å². The molecule has 0 atom stereocenters. The standard InChI is InChI=1S/C20H24N2O3S/c1-13-5-7-18-17(11-13)16(15(3)22-18)9-10-21-26(23,24)20-12-14(2)6-8-19(20)25-4/h5-8,11-12,21-22H,9-10H2,1-4H3. The minimum Gasteiger partial charge on any atom is -0.495 e. The van der Waals surface area contributed by atoms with Crippen LogP contribution in [0.5, 0.6) is 5.75 Å². The minimum atomic E-state index is -3.64. The third kappa shape index (κ3) is 3.61. The van der Waals surface area contributed by atoms with E-state index in [0.29, 0.717) is 18.7 Å². The van der Waals surface area contributed by atoms with Gasteiger partial charge in [-0.15, -0.1) is 0 Å². The van der Waals surface area contributed by atoms with Crippen LogP contribution in [0.2, 0.25) is 0 Å². The van der Waals surface area contributed by atoms with E-state index < -0.39 is 10.0 Å². The molecule has 0 amide bonds. The van der Waals surface area contributed by atoms with Gasteiger partial charge in [-0.3, -0.25) is 0 Å². The molecular weight excluding hydrogens is 348 g/mol. The van der Waals surface area contributed by atoms with Crippen molar-refractivity contribution in [3.05, 3.63) is 58.8 Å². The maximum Gasteiger partial charge on any atom is 0.244 e. The first-order valence-corrected chi connectivity index (χ1v) is 10.0. The monoisotopic (exact) mass is 372 g/mol. The molecule has 1 heterocycles. The predicted octanol–water partition coefficient (Wildman–Crippen LogP) is 3.62. The summed E-state index contributed by atoms with van der Waals surface area (Å²) >= 11 is 0. The normalized spacial score (nSPS) is 11.8. The van der Waals surface area contributed by atoms with Crippen molar-refractivity contribution in [2.45, 2.75) is 32.1 Å². The first-order chi connectivity index (χ1) is 12.3. The SMILES string of the molecule is COc1ccc(C)cc1S(=O)(=O)NCCc1c(C)[nH]c2ccc(C)cc12. The third-order valence-corrected chi connectivity index (χ3v) is 6.03. The van der Waals surface area contributed by atoms with Crippen molar-refractivity contribution >= 4 is 20.9 Å². The lowest BCUT2D eigenvalue weighted by molar-refractivity contribution is 0.402. The summed E-state index contributed by atoms with van der Waals surface area (Å²) in [5.74, 6) is 0.349. The van der Waals surface area contributed by atoms with E-state index in [9.17, 15) is 8.42 Å². The van der Waals surface area contributed by atoms with Crippen LogP contribution in [0.15, 0.2) is 41.3 Å². The lowest BCUT2D eigenvalue weighted by Crippen LogP contribution is -2.26. The van der Waals surface area contributed by atoms with Crippen LogP contribution in [0.4, 0.5) is 0 Å². The summed E-state index contributed by atoms with van der Waals surface area (Å²) in [5.41, 5.74) is 5.34. The number of aryl methyl sites for hydroxylation is 3. The summed E-state index contributed by atoms with van der Waals surface area (Å²) in [5, 5.41) is 1.15. The number of H-pyrrole nitrogens is 1. The molecule has 0 fully saturated rings. The van der Waals surface area contributed by atoms with Crippen LogP contribution in [0.3, 0.4) is 0 Å². The van der Waals surface area contributed by atoms with Gasteiger partial charge in [-0.25, -0.2) is 13.1 Å². The van der Waals surface area contributed by atoms with Gasteiger partial charge < -0.3 is 9.72 Å². The fourth-order valence-electron chi connectivity index (χ4n) is 3.20. The van der Waals surface area contributed by atoms with Crippen molar-refractivity contribution in [2.24, 2.45) is 0 Å². The first kappa shape index (κ1) is 18.5. The summed E-state index contributed by atoms with van der Waals surface area (Å²) in [6.45, 7) is 6.25. The van der Waals surface area contributed by atoms with E-state index in [0.717, 1.165) is 27.7 Å². The predicted molar refractivity (Wildman–Crippen MR) is 104 cm³/mol. The highest BCUT2D eigenvalue weighted by atomic mass is 32.2. The van der Waals surface area contributed by atoms with Gasteiger partial charge in [0.1, 0.15) is 10.6 Å². The van der Waals surface area contributed by atoms with Crippen molar-refractivity contribution in [1.29, 1.82) is 0 Å². The van der Waals surface area contributed by atoms with E-state index in [-0.39, 0.29) is 4.90 Å². The summed E-state index contributed by atoms with van der Waals surface area (Å²) < 4.78 is 33.3. The van der Waals surface area contributed by atoms with E-state index in [4.69, 9.17) is 4.74 Å². The Morgan fingerprint density at radius 3 is 2.46 bits per heavy atom. The molecule has 0 bridgehead atoms. The molecule has 0 spiro atoms. The molecule has 2 N–H and O–H groups in total. The molecule has 5 nitrogen and oxygen atoms in total. The van der Waals surface area contributed by atoms with E-state index in [1.54, 1.807) is 12.1 Å². The van der Waals surface area contributed by atoms with Crippen molar-refractivity contribution in [3.8, 4) is 5.75 Å². The fourth-order valence-corrected chi connectivity index (χ4v) is 4.48. The van der Waals surface area contributed by atoms with E-state index in [2.05, 4.69) is 34.8 Å². The van der Waals surface area contributed by atoms with E-state index in [1.807, 2.05) is 19.9 Å². The molecule has 0 saturated carbocycles. The largest absolute Gasteiger partial charge is 0.495 e. The van der Waals surface area contributed by atoms with Gasteiger partial charge in [0.2, 0.25) is 10.0 Å². The van der Waals surface area contributed by atoms with E-state index >= 15 is 0 Å². The van der Waals surface area contributed by atoms with Gasteiger partial charge >= 0.3 is 0 Å². The van der Waals surface area contributed by atoms with Gasteiger partial charge in [0, 0.05) is 23.1 Å². The second-order valence-electron chi connectivity index (χ2n) is 6.58. The van der Waals surface area contributed by atoms with Crippen LogP contribution < -0.4 is 9.46 Å². The molecule has 0 aliphatic heterocycles. The summed E-state index contributed by atoms with van der Waals surface area (Å²) in [6, 6.07) is 11.4. The molecule has 2 aromatic carbocycles. The van der Waals surface area contributed by atoms with Gasteiger partial charge in [-0.2, -0.15) is 0 Å². The molecular formula is C20H24N2O3S. The van der Waals surface area contributed by atoms with Crippen molar-refractivity contribution in [3.63, 3.8) is 0 Å². The van der Waals surface area contributed by atoms with Gasteiger partial charge in [0.05, 0.1) is 7.11 Å². The fraction of sp³-hybridized carbons (Fsp3) is 0.300. The Hall–Kier alpha value is -2.31. The molecule has 6 heteroatoms. The number of hydrogen-bond donors (Lipinski definition) is 2. The van der Waals surface area contributed by atoms with Crippen molar-refractivity contribution in [2.75, 3.05) is 13.7 Å². The number of nitrogens with one attached hydrogen (secondary N) is 2. The third-order valence-electron chi connectivity index (χ3n) is 4.55. The summed E-state index contributed by atoms with van der Waals surface area (Å²) in [4.78, 5) is 3.53. The Balaban J connectivity index is 1.81. The minimum absolute atomic E-state index is 0.173. The number of sulfonamides is 1. The van der Waals surface area contributed by atoms with Gasteiger partial charge in [-0.05, 0) is 62.6 Å². The molecule has 0 aliphatic rings. The zero-order valence-corrected chi connectivity index (χ0v) is 16.3. The summed E-state index contributed by atoms with van der Waals surface area (Å²) in [7, 11) is -2.16. The Labute approximate surface area is 154 Å². The average molecular weight is 372 g/mol. The first-order valence-electron chi connectivity index (χ1n) is 8.54. The summed E-state index contributed by atoms with van der Waals surface area (Å²) in [6.07, 6.45) is 0.614. The number of ether oxygens (including phenoxy) is 1. The molecule has 0 aliphatic carbocycles. The van der Waals surface area contributed by atoms with Crippen LogP contribution in [-0.2, 0) is 16.4 Å². The van der Waals surface area contributed by atoms with Gasteiger partial charge in [-0.1, -0.05) is 17.7 Å². The number of methoxy groups -OCH3 is 1. The molecule has 0 radical (unpaired) electrons. The molecule has 3 rings (SSSR count). The van der Waals surface area contributed by atoms with Crippen molar-refractivity contribution < 1.29 is 13.2 Å². The number of hydrogen-bond acceptors (Lipinski definition) is 3. The molecule has 26 heavy (non-hydrogen) atoms. The average Bonchev–Trinajstić information content (AvgIpc) is 2.90. The highest BCUT2D eigenvalue weighted by Gasteiger charge is 2.19. The lowest BCUT2D eigenvalue weighted by Gasteiger charge is -2.11. The topological polar surface area (TPSA) is 71.2 Å². The maximum absolute atomic E-state index is 12.7. The number of aromatic nitrogens is 1. The maximum atomic E-state index is 12.7. The Morgan fingerprint density at radius 2 is 1.73 bits per heavy atom. The highest BCUT2D eigenvalue weighted by Crippen LogP contribution is 2.26. The number of aromatic amines is 1. The molecule has 3 aromatic rings.